The third-order valence-corrected chi connectivity index (χ3v) is 1.47. The predicted octanol–water partition coefficient (Wildman–Crippen LogP) is 3.64. The van der Waals surface area contributed by atoms with E-state index in [1.807, 2.05) is 33.8 Å². The molecule has 0 fully saturated rings. The number of anilines is 1. The lowest BCUT2D eigenvalue weighted by Crippen LogP contribution is -1.94. The van der Waals surface area contributed by atoms with E-state index in [-0.39, 0.29) is 5.69 Å². The summed E-state index contributed by atoms with van der Waals surface area (Å²) in [6.45, 7) is 9.67. The maximum Gasteiger partial charge on any atom is 0.147 e. The van der Waals surface area contributed by atoms with E-state index in [0.29, 0.717) is 11.1 Å². The minimum absolute atomic E-state index is 0.115. The molecule has 0 amide bonds. The van der Waals surface area contributed by atoms with Crippen molar-refractivity contribution in [3.8, 4) is 6.07 Å². The van der Waals surface area contributed by atoms with Gasteiger partial charge < -0.3 is 5.73 Å². The second-order valence-electron chi connectivity index (χ2n) is 2.30. The molecule has 0 spiro atoms. The second-order valence-corrected chi connectivity index (χ2v) is 2.30. The summed E-state index contributed by atoms with van der Waals surface area (Å²) < 4.78 is 12.8. The first kappa shape index (κ1) is 15.9. The first-order valence-electron chi connectivity index (χ1n) is 5.11. The van der Waals surface area contributed by atoms with Crippen molar-refractivity contribution in [2.45, 2.75) is 34.6 Å². The van der Waals surface area contributed by atoms with Crippen LogP contribution in [0.15, 0.2) is 12.1 Å². The molecule has 0 aliphatic carbocycles. The minimum atomic E-state index is -0.526. The lowest BCUT2D eigenvalue weighted by Gasteiger charge is -2.00. The number of nitriles is 1. The largest absolute Gasteiger partial charge is 0.396 e. The fourth-order valence-corrected chi connectivity index (χ4v) is 0.820. The minimum Gasteiger partial charge on any atom is -0.396 e. The number of halogens is 1. The third-order valence-electron chi connectivity index (χ3n) is 1.47. The fourth-order valence-electron chi connectivity index (χ4n) is 0.820. The SMILES string of the molecule is CC.CC.Cc1cc(C#N)cc(F)c1N. The summed E-state index contributed by atoms with van der Waals surface area (Å²) in [7, 11) is 0. The Morgan fingerprint density at radius 2 is 1.67 bits per heavy atom. The van der Waals surface area contributed by atoms with E-state index in [0.717, 1.165) is 6.07 Å². The zero-order chi connectivity index (χ0) is 12.4. The number of rotatable bonds is 0. The van der Waals surface area contributed by atoms with Crippen LogP contribution in [0.4, 0.5) is 10.1 Å². The summed E-state index contributed by atoms with van der Waals surface area (Å²) in [5.74, 6) is -0.526. The molecule has 1 aromatic carbocycles. The predicted molar refractivity (Wildman–Crippen MR) is 63.0 cm³/mol. The fraction of sp³-hybridized carbons (Fsp3) is 0.417. The lowest BCUT2D eigenvalue weighted by atomic mass is 10.1. The van der Waals surface area contributed by atoms with Gasteiger partial charge in [-0.25, -0.2) is 4.39 Å². The monoisotopic (exact) mass is 210 g/mol. The zero-order valence-electron chi connectivity index (χ0n) is 10.1. The maximum atomic E-state index is 12.8. The van der Waals surface area contributed by atoms with Crippen molar-refractivity contribution in [2.24, 2.45) is 0 Å². The molecule has 0 aliphatic rings. The third kappa shape index (κ3) is 5.02. The molecule has 3 heteroatoms. The molecule has 0 unspecified atom stereocenters. The van der Waals surface area contributed by atoms with Gasteiger partial charge in [-0.05, 0) is 24.6 Å². The molecule has 84 valence electrons. The van der Waals surface area contributed by atoms with Gasteiger partial charge in [0.15, 0.2) is 0 Å². The van der Waals surface area contributed by atoms with E-state index in [1.165, 1.54) is 0 Å². The molecule has 0 bridgehead atoms. The summed E-state index contributed by atoms with van der Waals surface area (Å²) in [5.41, 5.74) is 6.33. The molecule has 15 heavy (non-hydrogen) atoms. The molecular formula is C12H19FN2. The average Bonchev–Trinajstić information content (AvgIpc) is 2.30. The van der Waals surface area contributed by atoms with Gasteiger partial charge >= 0.3 is 0 Å². The standard InChI is InChI=1S/C8H7FN2.2C2H6/c1-5-2-6(4-10)3-7(9)8(5)11;2*1-2/h2-3H,11H2,1H3;2*1-2H3. The summed E-state index contributed by atoms with van der Waals surface area (Å²) in [5, 5.41) is 8.42. The molecular weight excluding hydrogens is 191 g/mol. The Hall–Kier alpha value is -1.56. The average molecular weight is 210 g/mol. The molecule has 0 radical (unpaired) electrons. The molecule has 2 N–H and O–H groups in total. The summed E-state index contributed by atoms with van der Waals surface area (Å²) in [6.07, 6.45) is 0. The molecule has 0 saturated carbocycles. The summed E-state index contributed by atoms with van der Waals surface area (Å²) in [4.78, 5) is 0. The second kappa shape index (κ2) is 9.01. The van der Waals surface area contributed by atoms with Crippen LogP contribution in [0, 0.1) is 24.1 Å². The van der Waals surface area contributed by atoms with E-state index >= 15 is 0 Å². The van der Waals surface area contributed by atoms with E-state index < -0.39 is 5.82 Å². The highest BCUT2D eigenvalue weighted by Crippen LogP contribution is 2.16. The maximum absolute atomic E-state index is 12.8. The van der Waals surface area contributed by atoms with Crippen LogP contribution in [0.1, 0.15) is 38.8 Å². The molecule has 1 aromatic rings. The highest BCUT2D eigenvalue weighted by molar-refractivity contribution is 5.51. The van der Waals surface area contributed by atoms with Gasteiger partial charge in [-0.15, -0.1) is 0 Å². The van der Waals surface area contributed by atoms with E-state index in [9.17, 15) is 4.39 Å². The Bertz CT molecular complexity index is 304. The van der Waals surface area contributed by atoms with Crippen molar-refractivity contribution in [1.82, 2.24) is 0 Å². The van der Waals surface area contributed by atoms with Crippen molar-refractivity contribution >= 4 is 5.69 Å². The Kier molecular flexibility index (Phi) is 9.55. The van der Waals surface area contributed by atoms with Crippen LogP contribution < -0.4 is 5.73 Å². The van der Waals surface area contributed by atoms with Gasteiger partial charge in [0.25, 0.3) is 0 Å². The van der Waals surface area contributed by atoms with E-state index in [4.69, 9.17) is 11.0 Å². The number of nitrogens with zero attached hydrogens (tertiary/aromatic N) is 1. The number of aryl methyl sites for hydroxylation is 1. The molecule has 2 nitrogen and oxygen atoms in total. The highest BCUT2D eigenvalue weighted by Gasteiger charge is 2.02. The molecule has 0 atom stereocenters. The van der Waals surface area contributed by atoms with Crippen LogP contribution >= 0.6 is 0 Å². The van der Waals surface area contributed by atoms with Crippen LogP contribution in [-0.2, 0) is 0 Å². The van der Waals surface area contributed by atoms with Crippen LogP contribution in [0.5, 0.6) is 0 Å². The van der Waals surface area contributed by atoms with Crippen LogP contribution in [0.3, 0.4) is 0 Å². The van der Waals surface area contributed by atoms with Gasteiger partial charge in [-0.3, -0.25) is 0 Å². The van der Waals surface area contributed by atoms with E-state index in [1.54, 1.807) is 13.0 Å². The smallest absolute Gasteiger partial charge is 0.147 e. The summed E-state index contributed by atoms with van der Waals surface area (Å²) in [6, 6.07) is 4.52. The van der Waals surface area contributed by atoms with Crippen molar-refractivity contribution in [2.75, 3.05) is 5.73 Å². The highest BCUT2D eigenvalue weighted by atomic mass is 19.1. The molecule has 0 aliphatic heterocycles. The number of nitrogens with two attached hydrogens (primary N) is 1. The Morgan fingerprint density at radius 1 is 1.20 bits per heavy atom. The zero-order valence-corrected chi connectivity index (χ0v) is 10.1. The molecule has 0 heterocycles. The lowest BCUT2D eigenvalue weighted by molar-refractivity contribution is 0.631. The molecule has 0 aromatic heterocycles. The van der Waals surface area contributed by atoms with Gasteiger partial charge in [0.1, 0.15) is 5.82 Å². The quantitative estimate of drug-likeness (QED) is 0.664. The van der Waals surface area contributed by atoms with Crippen LogP contribution in [0.2, 0.25) is 0 Å². The number of hydrogen-bond donors (Lipinski definition) is 1. The van der Waals surface area contributed by atoms with Crippen molar-refractivity contribution in [3.63, 3.8) is 0 Å². The van der Waals surface area contributed by atoms with Crippen LogP contribution in [-0.4, -0.2) is 0 Å². The first-order valence-corrected chi connectivity index (χ1v) is 5.11. The van der Waals surface area contributed by atoms with Crippen LogP contribution in [0.25, 0.3) is 0 Å². The number of benzene rings is 1. The Balaban J connectivity index is 0. The van der Waals surface area contributed by atoms with Gasteiger partial charge in [0.2, 0.25) is 0 Å². The van der Waals surface area contributed by atoms with Gasteiger partial charge in [-0.1, -0.05) is 27.7 Å². The van der Waals surface area contributed by atoms with Gasteiger partial charge in [0.05, 0.1) is 17.3 Å². The Morgan fingerprint density at radius 3 is 2.00 bits per heavy atom. The van der Waals surface area contributed by atoms with Crippen molar-refractivity contribution in [1.29, 1.82) is 5.26 Å². The molecule has 1 rings (SSSR count). The summed E-state index contributed by atoms with van der Waals surface area (Å²) >= 11 is 0. The topological polar surface area (TPSA) is 49.8 Å². The molecule has 0 saturated heterocycles. The van der Waals surface area contributed by atoms with Gasteiger partial charge in [-0.2, -0.15) is 5.26 Å². The number of nitrogen functional groups attached to an aromatic ring is 1. The van der Waals surface area contributed by atoms with E-state index in [2.05, 4.69) is 0 Å². The van der Waals surface area contributed by atoms with Crippen molar-refractivity contribution in [3.05, 3.63) is 29.1 Å². The first-order chi connectivity index (χ1) is 7.15. The van der Waals surface area contributed by atoms with Gasteiger partial charge in [0, 0.05) is 0 Å². The van der Waals surface area contributed by atoms with Crippen molar-refractivity contribution < 1.29 is 4.39 Å². The number of hydrogen-bond acceptors (Lipinski definition) is 2. The normalized spacial score (nSPS) is 7.53. The Labute approximate surface area is 91.5 Å².